The molecule has 0 aliphatic carbocycles. The predicted octanol–water partition coefficient (Wildman–Crippen LogP) is 0.199. The molecule has 1 aromatic rings. The number of hydrogen-bond acceptors (Lipinski definition) is 5. The third kappa shape index (κ3) is 2.47. The molecule has 0 spiro atoms. The Hall–Kier alpha value is -1.14. The summed E-state index contributed by atoms with van der Waals surface area (Å²) in [7, 11) is 1.70. The first-order chi connectivity index (χ1) is 9.31. The number of nitrogens with two attached hydrogens (primary N) is 1. The lowest BCUT2D eigenvalue weighted by Crippen LogP contribution is -2.64. The molecule has 3 saturated heterocycles. The van der Waals surface area contributed by atoms with Crippen LogP contribution in [0.15, 0.2) is 24.3 Å². The minimum Gasteiger partial charge on any atom is -0.497 e. The Labute approximate surface area is 114 Å². The number of nitrogens with zero attached hydrogens (tertiary/aromatic N) is 2. The predicted molar refractivity (Wildman–Crippen MR) is 74.9 cm³/mol. The Morgan fingerprint density at radius 2 is 2.11 bits per heavy atom. The van der Waals surface area contributed by atoms with Crippen LogP contribution in [-0.4, -0.2) is 55.7 Å². The minimum absolute atomic E-state index is 0.151. The number of ether oxygens (including phenoxy) is 1. The molecule has 1 aromatic carbocycles. The average Bonchev–Trinajstić information content (AvgIpc) is 2.49. The van der Waals surface area contributed by atoms with E-state index >= 15 is 0 Å². The fourth-order valence-electron chi connectivity index (χ4n) is 3.24. The van der Waals surface area contributed by atoms with Gasteiger partial charge in [0, 0.05) is 38.8 Å². The summed E-state index contributed by atoms with van der Waals surface area (Å²) in [6.45, 7) is 5.75. The molecule has 0 amide bonds. The highest BCUT2D eigenvalue weighted by Gasteiger charge is 2.37. The van der Waals surface area contributed by atoms with E-state index in [0.717, 1.165) is 25.4 Å². The zero-order valence-electron chi connectivity index (χ0n) is 11.4. The summed E-state index contributed by atoms with van der Waals surface area (Å²) < 4.78 is 5.31. The summed E-state index contributed by atoms with van der Waals surface area (Å²) in [5.74, 6) is 6.71. The van der Waals surface area contributed by atoms with Crippen LogP contribution in [-0.2, 0) is 0 Å². The van der Waals surface area contributed by atoms with Crippen molar-refractivity contribution >= 4 is 0 Å². The molecule has 3 aliphatic rings. The molecule has 4 rings (SSSR count). The van der Waals surface area contributed by atoms with Gasteiger partial charge in [-0.05, 0) is 17.7 Å². The van der Waals surface area contributed by atoms with Gasteiger partial charge in [-0.3, -0.25) is 21.1 Å². The van der Waals surface area contributed by atoms with E-state index in [0.29, 0.717) is 6.04 Å². The molecule has 104 valence electrons. The van der Waals surface area contributed by atoms with Crippen molar-refractivity contribution in [2.24, 2.45) is 5.84 Å². The molecule has 3 aliphatic heterocycles. The molecule has 5 heteroatoms. The molecular weight excluding hydrogens is 240 g/mol. The van der Waals surface area contributed by atoms with Crippen LogP contribution in [0.4, 0.5) is 0 Å². The van der Waals surface area contributed by atoms with Gasteiger partial charge in [-0.15, -0.1) is 0 Å². The molecule has 2 bridgehead atoms. The number of fused-ring (bicyclic) bond motifs is 3. The molecule has 3 heterocycles. The smallest absolute Gasteiger partial charge is 0.119 e. The van der Waals surface area contributed by atoms with Crippen molar-refractivity contribution in [1.29, 1.82) is 0 Å². The van der Waals surface area contributed by atoms with Crippen LogP contribution in [0.25, 0.3) is 0 Å². The molecule has 5 nitrogen and oxygen atoms in total. The number of hydrogen-bond donors (Lipinski definition) is 2. The molecular formula is C14H22N4O. The molecule has 0 saturated carbocycles. The average molecular weight is 262 g/mol. The van der Waals surface area contributed by atoms with Gasteiger partial charge in [-0.2, -0.15) is 0 Å². The number of hydrazine groups is 1. The first-order valence-electron chi connectivity index (χ1n) is 6.88. The fraction of sp³-hybridized carbons (Fsp3) is 0.571. The van der Waals surface area contributed by atoms with Crippen molar-refractivity contribution < 1.29 is 4.74 Å². The maximum absolute atomic E-state index is 5.82. The number of piperazine rings is 3. The number of rotatable bonds is 4. The Morgan fingerprint density at radius 3 is 2.68 bits per heavy atom. The standard InChI is InChI=1S/C14H22N4O/c1-19-12-4-2-3-11(9-12)14(16-15)13-10-17-5-7-18(13)8-6-17/h2-4,9,13-14,16H,5-8,10,15H2,1H3. The van der Waals surface area contributed by atoms with Gasteiger partial charge in [0.05, 0.1) is 13.2 Å². The summed E-state index contributed by atoms with van der Waals surface area (Å²) in [6.07, 6.45) is 0. The van der Waals surface area contributed by atoms with Gasteiger partial charge >= 0.3 is 0 Å². The van der Waals surface area contributed by atoms with Crippen LogP contribution in [0.5, 0.6) is 5.75 Å². The Balaban J connectivity index is 1.83. The monoisotopic (exact) mass is 262 g/mol. The van der Waals surface area contributed by atoms with Gasteiger partial charge in [-0.1, -0.05) is 12.1 Å². The highest BCUT2D eigenvalue weighted by Crippen LogP contribution is 2.28. The summed E-state index contributed by atoms with van der Waals surface area (Å²) in [5, 5.41) is 0. The van der Waals surface area contributed by atoms with E-state index < -0.39 is 0 Å². The first-order valence-corrected chi connectivity index (χ1v) is 6.88. The topological polar surface area (TPSA) is 53.8 Å². The third-order valence-electron chi connectivity index (χ3n) is 4.34. The molecule has 0 radical (unpaired) electrons. The quantitative estimate of drug-likeness (QED) is 0.600. The van der Waals surface area contributed by atoms with Crippen LogP contribution in [0.2, 0.25) is 0 Å². The van der Waals surface area contributed by atoms with E-state index in [4.69, 9.17) is 10.6 Å². The summed E-state index contributed by atoms with van der Waals surface area (Å²) in [6, 6.07) is 8.77. The lowest BCUT2D eigenvalue weighted by atomic mass is 9.94. The van der Waals surface area contributed by atoms with Gasteiger partial charge in [0.2, 0.25) is 0 Å². The van der Waals surface area contributed by atoms with E-state index in [1.54, 1.807) is 7.11 Å². The molecule has 0 aromatic heterocycles. The van der Waals surface area contributed by atoms with Crippen molar-refractivity contribution in [3.8, 4) is 5.75 Å². The lowest BCUT2D eigenvalue weighted by molar-refractivity contribution is -0.00371. The van der Waals surface area contributed by atoms with Crippen molar-refractivity contribution in [3.63, 3.8) is 0 Å². The van der Waals surface area contributed by atoms with E-state index in [2.05, 4.69) is 27.4 Å². The van der Waals surface area contributed by atoms with Gasteiger partial charge in [0.15, 0.2) is 0 Å². The summed E-state index contributed by atoms with van der Waals surface area (Å²) in [4.78, 5) is 5.07. The number of methoxy groups -OCH3 is 1. The number of benzene rings is 1. The summed E-state index contributed by atoms with van der Waals surface area (Å²) in [5.41, 5.74) is 4.20. The highest BCUT2D eigenvalue weighted by molar-refractivity contribution is 5.31. The Morgan fingerprint density at radius 1 is 1.32 bits per heavy atom. The third-order valence-corrected chi connectivity index (χ3v) is 4.34. The first kappa shape index (κ1) is 12.9. The Kier molecular flexibility index (Phi) is 3.70. The second-order valence-electron chi connectivity index (χ2n) is 5.32. The van der Waals surface area contributed by atoms with E-state index in [1.165, 1.54) is 18.7 Å². The highest BCUT2D eigenvalue weighted by atomic mass is 16.5. The zero-order valence-corrected chi connectivity index (χ0v) is 11.4. The van der Waals surface area contributed by atoms with Crippen LogP contribution in [0, 0.1) is 0 Å². The minimum atomic E-state index is 0.151. The van der Waals surface area contributed by atoms with Crippen molar-refractivity contribution in [2.45, 2.75) is 12.1 Å². The van der Waals surface area contributed by atoms with Crippen LogP contribution in [0.1, 0.15) is 11.6 Å². The van der Waals surface area contributed by atoms with Crippen LogP contribution < -0.4 is 16.0 Å². The van der Waals surface area contributed by atoms with E-state index in [9.17, 15) is 0 Å². The van der Waals surface area contributed by atoms with Gasteiger partial charge < -0.3 is 4.74 Å². The second-order valence-corrected chi connectivity index (χ2v) is 5.32. The molecule has 19 heavy (non-hydrogen) atoms. The molecule has 3 N–H and O–H groups in total. The normalized spacial score (nSPS) is 31.2. The maximum atomic E-state index is 5.82. The van der Waals surface area contributed by atoms with Gasteiger partial charge in [0.1, 0.15) is 5.75 Å². The lowest BCUT2D eigenvalue weighted by Gasteiger charge is -2.50. The van der Waals surface area contributed by atoms with Crippen molar-refractivity contribution in [3.05, 3.63) is 29.8 Å². The van der Waals surface area contributed by atoms with Crippen molar-refractivity contribution in [1.82, 2.24) is 15.2 Å². The molecule has 2 unspecified atom stereocenters. The van der Waals surface area contributed by atoms with Gasteiger partial charge in [0.25, 0.3) is 0 Å². The zero-order chi connectivity index (χ0) is 13.2. The molecule has 2 atom stereocenters. The number of nitrogens with one attached hydrogen (secondary N) is 1. The van der Waals surface area contributed by atoms with Crippen molar-refractivity contribution in [2.75, 3.05) is 39.8 Å². The Bertz CT molecular complexity index is 431. The van der Waals surface area contributed by atoms with E-state index in [1.807, 2.05) is 12.1 Å². The SMILES string of the molecule is COc1cccc(C(NN)C2CN3CCN2CC3)c1. The fourth-order valence-corrected chi connectivity index (χ4v) is 3.24. The van der Waals surface area contributed by atoms with Crippen LogP contribution >= 0.6 is 0 Å². The van der Waals surface area contributed by atoms with Crippen LogP contribution in [0.3, 0.4) is 0 Å². The summed E-state index contributed by atoms with van der Waals surface area (Å²) >= 11 is 0. The largest absolute Gasteiger partial charge is 0.497 e. The van der Waals surface area contributed by atoms with E-state index in [-0.39, 0.29) is 6.04 Å². The second kappa shape index (κ2) is 5.46. The van der Waals surface area contributed by atoms with Gasteiger partial charge in [-0.25, -0.2) is 0 Å². The molecule has 3 fully saturated rings. The maximum Gasteiger partial charge on any atom is 0.119 e.